The first-order valence-electron chi connectivity index (χ1n) is 7.69. The highest BCUT2D eigenvalue weighted by atomic mass is 16.5. The van der Waals surface area contributed by atoms with Crippen LogP contribution in [0.4, 0.5) is 0 Å². The lowest BCUT2D eigenvalue weighted by molar-refractivity contribution is 0.00217. The Kier molecular flexibility index (Phi) is 3.90. The van der Waals surface area contributed by atoms with E-state index in [4.69, 9.17) is 4.74 Å². The standard InChI is InChI=1S/C17H25NO/c1-2-18-13-17(8-10-19-11-9-17)16-12-15(16)14-6-4-3-5-7-14/h3-7,15-16,18H,2,8-13H2,1H3. The number of ether oxygens (including phenoxy) is 1. The monoisotopic (exact) mass is 259 g/mol. The fraction of sp³-hybridized carbons (Fsp3) is 0.647. The second kappa shape index (κ2) is 5.64. The van der Waals surface area contributed by atoms with Crippen LogP contribution in [0.3, 0.4) is 0 Å². The van der Waals surface area contributed by atoms with Crippen molar-refractivity contribution in [1.82, 2.24) is 5.32 Å². The van der Waals surface area contributed by atoms with Crippen LogP contribution in [0.15, 0.2) is 30.3 Å². The summed E-state index contributed by atoms with van der Waals surface area (Å²) in [4.78, 5) is 0. The van der Waals surface area contributed by atoms with Gasteiger partial charge in [0.2, 0.25) is 0 Å². The zero-order valence-electron chi connectivity index (χ0n) is 11.9. The first kappa shape index (κ1) is 13.1. The maximum absolute atomic E-state index is 5.60. The van der Waals surface area contributed by atoms with Crippen LogP contribution in [0, 0.1) is 11.3 Å². The minimum Gasteiger partial charge on any atom is -0.381 e. The number of hydrogen-bond donors (Lipinski definition) is 1. The Hall–Kier alpha value is -0.860. The molecule has 0 spiro atoms. The molecule has 2 unspecified atom stereocenters. The topological polar surface area (TPSA) is 21.3 Å². The fourth-order valence-corrected chi connectivity index (χ4v) is 3.77. The summed E-state index contributed by atoms with van der Waals surface area (Å²) in [7, 11) is 0. The molecule has 2 fully saturated rings. The lowest BCUT2D eigenvalue weighted by Crippen LogP contribution is -2.41. The third-order valence-corrected chi connectivity index (χ3v) is 5.02. The molecule has 1 N–H and O–H groups in total. The summed E-state index contributed by atoms with van der Waals surface area (Å²) >= 11 is 0. The van der Waals surface area contributed by atoms with Crippen molar-refractivity contribution in [2.24, 2.45) is 11.3 Å². The Morgan fingerprint density at radius 2 is 1.95 bits per heavy atom. The van der Waals surface area contributed by atoms with E-state index in [-0.39, 0.29) is 0 Å². The Balaban J connectivity index is 1.71. The number of rotatable bonds is 5. The summed E-state index contributed by atoms with van der Waals surface area (Å²) in [5, 5.41) is 3.60. The van der Waals surface area contributed by atoms with Gasteiger partial charge in [0, 0.05) is 19.8 Å². The Bertz CT molecular complexity index is 397. The van der Waals surface area contributed by atoms with E-state index in [1.807, 2.05) is 0 Å². The molecule has 2 heteroatoms. The molecule has 19 heavy (non-hydrogen) atoms. The third-order valence-electron chi connectivity index (χ3n) is 5.02. The van der Waals surface area contributed by atoms with Crippen LogP contribution in [0.25, 0.3) is 0 Å². The van der Waals surface area contributed by atoms with E-state index in [1.165, 1.54) is 31.4 Å². The summed E-state index contributed by atoms with van der Waals surface area (Å²) in [5.74, 6) is 1.65. The molecule has 1 aromatic rings. The molecule has 2 aliphatic rings. The van der Waals surface area contributed by atoms with Gasteiger partial charge in [-0.3, -0.25) is 0 Å². The van der Waals surface area contributed by atoms with Gasteiger partial charge in [0.1, 0.15) is 0 Å². The summed E-state index contributed by atoms with van der Waals surface area (Å²) in [5.41, 5.74) is 2.02. The maximum atomic E-state index is 5.60. The third kappa shape index (κ3) is 2.70. The van der Waals surface area contributed by atoms with Crippen molar-refractivity contribution >= 4 is 0 Å². The molecule has 2 atom stereocenters. The lowest BCUT2D eigenvalue weighted by Gasteiger charge is -2.38. The Morgan fingerprint density at radius 1 is 1.21 bits per heavy atom. The van der Waals surface area contributed by atoms with E-state index in [2.05, 4.69) is 42.6 Å². The minimum absolute atomic E-state index is 0.481. The van der Waals surface area contributed by atoms with Crippen LogP contribution in [-0.2, 0) is 4.74 Å². The van der Waals surface area contributed by atoms with Crippen LogP contribution in [0.2, 0.25) is 0 Å². The highest BCUT2D eigenvalue weighted by Gasteiger charge is 2.52. The highest BCUT2D eigenvalue weighted by molar-refractivity contribution is 5.27. The first-order chi connectivity index (χ1) is 9.36. The van der Waals surface area contributed by atoms with E-state index in [0.29, 0.717) is 5.41 Å². The van der Waals surface area contributed by atoms with E-state index in [9.17, 15) is 0 Å². The van der Waals surface area contributed by atoms with Crippen molar-refractivity contribution in [3.8, 4) is 0 Å². The zero-order chi connectivity index (χ0) is 13.1. The van der Waals surface area contributed by atoms with E-state index in [1.54, 1.807) is 0 Å². The molecule has 104 valence electrons. The first-order valence-corrected chi connectivity index (χ1v) is 7.69. The van der Waals surface area contributed by atoms with E-state index >= 15 is 0 Å². The maximum Gasteiger partial charge on any atom is 0.0471 e. The Morgan fingerprint density at radius 3 is 2.63 bits per heavy atom. The van der Waals surface area contributed by atoms with Crippen LogP contribution < -0.4 is 5.32 Å². The van der Waals surface area contributed by atoms with Crippen molar-refractivity contribution in [1.29, 1.82) is 0 Å². The highest BCUT2D eigenvalue weighted by Crippen LogP contribution is 2.60. The molecular formula is C17H25NO. The number of benzene rings is 1. The van der Waals surface area contributed by atoms with Gasteiger partial charge in [-0.05, 0) is 48.6 Å². The summed E-state index contributed by atoms with van der Waals surface area (Å²) < 4.78 is 5.60. The van der Waals surface area contributed by atoms with Crippen molar-refractivity contribution in [3.05, 3.63) is 35.9 Å². The number of nitrogens with one attached hydrogen (secondary N) is 1. The van der Waals surface area contributed by atoms with Gasteiger partial charge in [-0.15, -0.1) is 0 Å². The smallest absolute Gasteiger partial charge is 0.0471 e. The SMILES string of the molecule is CCNCC1(C2CC2c2ccccc2)CCOCC1. The van der Waals surface area contributed by atoms with Crippen molar-refractivity contribution in [2.45, 2.75) is 32.1 Å². The van der Waals surface area contributed by atoms with Crippen molar-refractivity contribution in [2.75, 3.05) is 26.3 Å². The summed E-state index contributed by atoms with van der Waals surface area (Å²) in [6, 6.07) is 11.1. The lowest BCUT2D eigenvalue weighted by atomic mass is 9.74. The largest absolute Gasteiger partial charge is 0.381 e. The van der Waals surface area contributed by atoms with Gasteiger partial charge >= 0.3 is 0 Å². The summed E-state index contributed by atoms with van der Waals surface area (Å²) in [6.45, 7) is 6.34. The second-order valence-electron chi connectivity index (χ2n) is 6.11. The van der Waals surface area contributed by atoms with E-state index in [0.717, 1.165) is 31.6 Å². The molecule has 1 aliphatic heterocycles. The molecule has 0 amide bonds. The molecule has 1 saturated heterocycles. The van der Waals surface area contributed by atoms with Gasteiger partial charge in [0.05, 0.1) is 0 Å². The average Bonchev–Trinajstić information content (AvgIpc) is 3.28. The fourth-order valence-electron chi connectivity index (χ4n) is 3.77. The van der Waals surface area contributed by atoms with Gasteiger partial charge in [-0.2, -0.15) is 0 Å². The molecule has 0 aromatic heterocycles. The minimum atomic E-state index is 0.481. The normalized spacial score (nSPS) is 29.1. The molecule has 1 aliphatic carbocycles. The van der Waals surface area contributed by atoms with E-state index < -0.39 is 0 Å². The van der Waals surface area contributed by atoms with Gasteiger partial charge in [-0.25, -0.2) is 0 Å². The second-order valence-corrected chi connectivity index (χ2v) is 6.11. The number of hydrogen-bond acceptors (Lipinski definition) is 2. The quantitative estimate of drug-likeness (QED) is 0.877. The van der Waals surface area contributed by atoms with Gasteiger partial charge in [0.15, 0.2) is 0 Å². The van der Waals surface area contributed by atoms with Gasteiger partial charge < -0.3 is 10.1 Å². The van der Waals surface area contributed by atoms with Crippen molar-refractivity contribution in [3.63, 3.8) is 0 Å². The predicted octanol–water partition coefficient (Wildman–Crippen LogP) is 3.20. The molecule has 0 radical (unpaired) electrons. The molecule has 0 bridgehead atoms. The van der Waals surface area contributed by atoms with Gasteiger partial charge in [-0.1, -0.05) is 37.3 Å². The van der Waals surface area contributed by atoms with Crippen LogP contribution in [0.5, 0.6) is 0 Å². The van der Waals surface area contributed by atoms with Crippen LogP contribution in [-0.4, -0.2) is 26.3 Å². The molecule has 2 nitrogen and oxygen atoms in total. The predicted molar refractivity (Wildman–Crippen MR) is 78.3 cm³/mol. The molecule has 1 aromatic carbocycles. The molecule has 1 heterocycles. The molecular weight excluding hydrogens is 234 g/mol. The Labute approximate surface area is 116 Å². The van der Waals surface area contributed by atoms with Crippen LogP contribution >= 0.6 is 0 Å². The van der Waals surface area contributed by atoms with Gasteiger partial charge in [0.25, 0.3) is 0 Å². The zero-order valence-corrected chi connectivity index (χ0v) is 11.9. The van der Waals surface area contributed by atoms with Crippen LogP contribution in [0.1, 0.15) is 37.7 Å². The molecule has 1 saturated carbocycles. The van der Waals surface area contributed by atoms with Crippen molar-refractivity contribution < 1.29 is 4.74 Å². The molecule has 3 rings (SSSR count). The summed E-state index contributed by atoms with van der Waals surface area (Å²) in [6.07, 6.45) is 3.83. The average molecular weight is 259 g/mol.